The first-order valence-corrected chi connectivity index (χ1v) is 4.95. The molecule has 3 N–H and O–H groups in total. The zero-order valence-corrected chi connectivity index (χ0v) is 8.34. The van der Waals surface area contributed by atoms with Gasteiger partial charge in [-0.2, -0.15) is 0 Å². The van der Waals surface area contributed by atoms with Crippen molar-refractivity contribution >= 4 is 17.6 Å². The summed E-state index contributed by atoms with van der Waals surface area (Å²) in [4.78, 5) is 5.20. The first-order chi connectivity index (χ1) is 6.36. The lowest BCUT2D eigenvalue weighted by atomic mass is 10.4. The summed E-state index contributed by atoms with van der Waals surface area (Å²) in [6, 6.07) is 10.2. The van der Waals surface area contributed by atoms with E-state index in [4.69, 9.17) is 5.84 Å². The normalized spacial score (nSPS) is 11.4. The zero-order valence-electron chi connectivity index (χ0n) is 7.53. The summed E-state index contributed by atoms with van der Waals surface area (Å²) in [5.41, 5.74) is 2.55. The van der Waals surface area contributed by atoms with Crippen molar-refractivity contribution in [1.29, 1.82) is 0 Å². The fraction of sp³-hybridized carbons (Fsp3) is 0.222. The monoisotopic (exact) mass is 195 g/mol. The third kappa shape index (κ3) is 3.48. The quantitative estimate of drug-likeness (QED) is 0.251. The summed E-state index contributed by atoms with van der Waals surface area (Å²) >= 11 is 1.70. The van der Waals surface area contributed by atoms with Gasteiger partial charge in [0.25, 0.3) is 0 Å². The average Bonchev–Trinajstić information content (AvgIpc) is 2.21. The summed E-state index contributed by atoms with van der Waals surface area (Å²) in [6.45, 7) is 0. The molecule has 1 aromatic rings. The Morgan fingerprint density at radius 1 is 1.46 bits per heavy atom. The standard InChI is InChI=1S/C9H13N3S/c1-11-9(12-10)7-13-8-5-3-2-4-6-8/h2-6H,7,10H2,1H3,(H,11,12). The van der Waals surface area contributed by atoms with E-state index in [1.54, 1.807) is 18.8 Å². The number of thioether (sulfide) groups is 1. The number of nitrogens with two attached hydrogens (primary N) is 1. The Morgan fingerprint density at radius 3 is 2.69 bits per heavy atom. The van der Waals surface area contributed by atoms with E-state index in [0.717, 1.165) is 11.6 Å². The van der Waals surface area contributed by atoms with Gasteiger partial charge in [0.05, 0.1) is 5.75 Å². The van der Waals surface area contributed by atoms with Crippen LogP contribution in [0.3, 0.4) is 0 Å². The minimum Gasteiger partial charge on any atom is -0.312 e. The highest BCUT2D eigenvalue weighted by Gasteiger charge is 1.96. The van der Waals surface area contributed by atoms with Crippen molar-refractivity contribution in [3.05, 3.63) is 30.3 Å². The number of aliphatic imine (C=N–C) groups is 1. The number of benzene rings is 1. The maximum absolute atomic E-state index is 5.25. The van der Waals surface area contributed by atoms with Crippen molar-refractivity contribution in [2.45, 2.75) is 4.90 Å². The molecule has 1 aromatic carbocycles. The SMILES string of the molecule is CN=C(CSc1ccccc1)NN. The van der Waals surface area contributed by atoms with Crippen molar-refractivity contribution in [2.24, 2.45) is 10.8 Å². The number of amidine groups is 1. The predicted octanol–water partition coefficient (Wildman–Crippen LogP) is 1.27. The summed E-state index contributed by atoms with van der Waals surface area (Å²) in [7, 11) is 1.72. The minimum absolute atomic E-state index is 0.775. The van der Waals surface area contributed by atoms with Gasteiger partial charge in [-0.1, -0.05) is 18.2 Å². The largest absolute Gasteiger partial charge is 0.312 e. The first kappa shape index (κ1) is 10.1. The number of hydrogen-bond acceptors (Lipinski definition) is 3. The Balaban J connectivity index is 2.43. The Hall–Kier alpha value is -1.00. The van der Waals surface area contributed by atoms with E-state index in [0.29, 0.717) is 0 Å². The van der Waals surface area contributed by atoms with Crippen LogP contribution in [0.1, 0.15) is 0 Å². The first-order valence-electron chi connectivity index (χ1n) is 3.97. The molecule has 0 amide bonds. The number of nitrogens with one attached hydrogen (secondary N) is 1. The van der Waals surface area contributed by atoms with Gasteiger partial charge in [0.2, 0.25) is 0 Å². The number of hydrazine groups is 1. The maximum atomic E-state index is 5.25. The molecule has 0 fully saturated rings. The lowest BCUT2D eigenvalue weighted by Gasteiger charge is -2.03. The van der Waals surface area contributed by atoms with Gasteiger partial charge >= 0.3 is 0 Å². The van der Waals surface area contributed by atoms with Crippen LogP contribution >= 0.6 is 11.8 Å². The van der Waals surface area contributed by atoms with Crippen LogP contribution in [0.4, 0.5) is 0 Å². The van der Waals surface area contributed by atoms with Crippen LogP contribution in [-0.2, 0) is 0 Å². The third-order valence-corrected chi connectivity index (χ3v) is 2.58. The van der Waals surface area contributed by atoms with Crippen LogP contribution in [0.5, 0.6) is 0 Å². The van der Waals surface area contributed by atoms with E-state index in [9.17, 15) is 0 Å². The van der Waals surface area contributed by atoms with Gasteiger partial charge in [-0.3, -0.25) is 4.99 Å². The van der Waals surface area contributed by atoms with Crippen molar-refractivity contribution in [1.82, 2.24) is 5.43 Å². The third-order valence-electron chi connectivity index (χ3n) is 1.56. The van der Waals surface area contributed by atoms with Crippen molar-refractivity contribution in [3.8, 4) is 0 Å². The van der Waals surface area contributed by atoms with Crippen molar-refractivity contribution in [3.63, 3.8) is 0 Å². The lowest BCUT2D eigenvalue weighted by molar-refractivity contribution is 1.01. The van der Waals surface area contributed by atoms with Crippen molar-refractivity contribution in [2.75, 3.05) is 12.8 Å². The smallest absolute Gasteiger partial charge is 0.120 e. The minimum atomic E-state index is 0.775. The molecule has 0 saturated heterocycles. The highest BCUT2D eigenvalue weighted by Crippen LogP contribution is 2.16. The van der Waals surface area contributed by atoms with Crippen LogP contribution < -0.4 is 11.3 Å². The Kier molecular flexibility index (Phi) is 4.35. The second kappa shape index (κ2) is 5.61. The number of rotatable bonds is 3. The van der Waals surface area contributed by atoms with E-state index < -0.39 is 0 Å². The van der Waals surface area contributed by atoms with E-state index >= 15 is 0 Å². The molecule has 0 spiro atoms. The fourth-order valence-electron chi connectivity index (χ4n) is 0.839. The highest BCUT2D eigenvalue weighted by atomic mass is 32.2. The average molecular weight is 195 g/mol. The van der Waals surface area contributed by atoms with Gasteiger partial charge < -0.3 is 5.43 Å². The molecule has 0 radical (unpaired) electrons. The fourth-order valence-corrected chi connectivity index (χ4v) is 1.70. The molecule has 13 heavy (non-hydrogen) atoms. The lowest BCUT2D eigenvalue weighted by Crippen LogP contribution is -2.31. The Morgan fingerprint density at radius 2 is 2.15 bits per heavy atom. The molecule has 4 heteroatoms. The molecular formula is C9H13N3S. The predicted molar refractivity (Wildman–Crippen MR) is 57.8 cm³/mol. The Bertz CT molecular complexity index is 271. The molecule has 0 aliphatic carbocycles. The second-order valence-corrected chi connectivity index (χ2v) is 3.47. The van der Waals surface area contributed by atoms with Gasteiger partial charge in [0.15, 0.2) is 0 Å². The zero-order chi connectivity index (χ0) is 9.52. The van der Waals surface area contributed by atoms with Crippen LogP contribution in [0, 0.1) is 0 Å². The van der Waals surface area contributed by atoms with Gasteiger partial charge in [-0.15, -0.1) is 11.8 Å². The van der Waals surface area contributed by atoms with E-state index in [-0.39, 0.29) is 0 Å². The van der Waals surface area contributed by atoms with Gasteiger partial charge in [-0.05, 0) is 12.1 Å². The molecule has 0 atom stereocenters. The molecule has 3 nitrogen and oxygen atoms in total. The second-order valence-electron chi connectivity index (χ2n) is 2.42. The summed E-state index contributed by atoms with van der Waals surface area (Å²) in [5, 5.41) is 0. The molecule has 0 heterocycles. The van der Waals surface area contributed by atoms with Crippen LogP contribution in [-0.4, -0.2) is 18.6 Å². The van der Waals surface area contributed by atoms with E-state index in [2.05, 4.69) is 22.6 Å². The van der Waals surface area contributed by atoms with Gasteiger partial charge in [0, 0.05) is 11.9 Å². The van der Waals surface area contributed by atoms with Crippen LogP contribution in [0.15, 0.2) is 40.2 Å². The van der Waals surface area contributed by atoms with Crippen LogP contribution in [0.2, 0.25) is 0 Å². The molecule has 0 aliphatic rings. The van der Waals surface area contributed by atoms with Crippen LogP contribution in [0.25, 0.3) is 0 Å². The summed E-state index contributed by atoms with van der Waals surface area (Å²) in [6.07, 6.45) is 0. The topological polar surface area (TPSA) is 50.4 Å². The van der Waals surface area contributed by atoms with Crippen molar-refractivity contribution < 1.29 is 0 Å². The molecule has 0 aliphatic heterocycles. The summed E-state index contributed by atoms with van der Waals surface area (Å²) < 4.78 is 0. The highest BCUT2D eigenvalue weighted by molar-refractivity contribution is 8.00. The number of nitrogens with zero attached hydrogens (tertiary/aromatic N) is 1. The van der Waals surface area contributed by atoms with E-state index in [1.807, 2.05) is 18.2 Å². The number of hydrogen-bond donors (Lipinski definition) is 2. The molecule has 1 rings (SSSR count). The summed E-state index contributed by atoms with van der Waals surface area (Å²) in [5.74, 6) is 6.83. The van der Waals surface area contributed by atoms with E-state index in [1.165, 1.54) is 4.90 Å². The molecule has 0 unspecified atom stereocenters. The molecule has 0 bridgehead atoms. The molecular weight excluding hydrogens is 182 g/mol. The molecule has 70 valence electrons. The molecule has 0 aromatic heterocycles. The maximum Gasteiger partial charge on any atom is 0.120 e. The molecule has 0 saturated carbocycles. The van der Waals surface area contributed by atoms with Gasteiger partial charge in [0.1, 0.15) is 5.84 Å². The Labute approximate surface area is 82.4 Å². The van der Waals surface area contributed by atoms with Gasteiger partial charge in [-0.25, -0.2) is 5.84 Å².